The molecule has 1 aromatic rings. The molecule has 1 unspecified atom stereocenters. The van der Waals surface area contributed by atoms with Crippen molar-refractivity contribution in [2.45, 2.75) is 50.0 Å². The molecule has 0 radical (unpaired) electrons. The van der Waals surface area contributed by atoms with E-state index >= 15 is 0 Å². The largest absolute Gasteiger partial charge is 0.310 e. The van der Waals surface area contributed by atoms with Gasteiger partial charge in [-0.1, -0.05) is 47.0 Å². The maximum atomic E-state index is 3.66. The van der Waals surface area contributed by atoms with E-state index in [1.165, 1.54) is 37.0 Å². The first-order valence-corrected chi connectivity index (χ1v) is 9.38. The Bertz CT molecular complexity index is 444. The maximum Gasteiger partial charge on any atom is 0.0374 e. The summed E-state index contributed by atoms with van der Waals surface area (Å²) in [5.41, 5.74) is 1.63. The van der Waals surface area contributed by atoms with Crippen molar-refractivity contribution in [1.82, 2.24) is 5.32 Å². The van der Waals surface area contributed by atoms with Gasteiger partial charge in [0.15, 0.2) is 0 Å². The van der Waals surface area contributed by atoms with E-state index in [0.29, 0.717) is 6.04 Å². The Balaban J connectivity index is 1.96. The van der Waals surface area contributed by atoms with Gasteiger partial charge in [-0.15, -0.1) is 11.8 Å². The first-order valence-electron chi connectivity index (χ1n) is 7.60. The van der Waals surface area contributed by atoms with Crippen LogP contribution in [0.4, 0.5) is 0 Å². The van der Waals surface area contributed by atoms with Crippen LogP contribution in [-0.2, 0) is 0 Å². The highest BCUT2D eigenvalue weighted by Gasteiger charge is 2.15. The van der Waals surface area contributed by atoms with Gasteiger partial charge in [-0.25, -0.2) is 0 Å². The zero-order chi connectivity index (χ0) is 14.2. The Hall–Kier alpha value is -0.250. The van der Waals surface area contributed by atoms with E-state index in [-0.39, 0.29) is 0 Å². The van der Waals surface area contributed by atoms with Crippen LogP contribution in [0.3, 0.4) is 0 Å². The molecule has 1 atom stereocenters. The Morgan fingerprint density at radius 1 is 1.30 bits per heavy atom. The number of halogens is 1. The highest BCUT2D eigenvalue weighted by molar-refractivity contribution is 9.10. The molecule has 110 valence electrons. The predicted octanol–water partition coefficient (Wildman–Crippen LogP) is 5.41. The van der Waals surface area contributed by atoms with Crippen LogP contribution >= 0.6 is 27.7 Å². The van der Waals surface area contributed by atoms with Crippen LogP contribution in [0.2, 0.25) is 0 Å². The summed E-state index contributed by atoms with van der Waals surface area (Å²) in [5.74, 6) is 1.12. The van der Waals surface area contributed by atoms with E-state index in [9.17, 15) is 0 Å². The van der Waals surface area contributed by atoms with E-state index in [1.54, 1.807) is 5.57 Å². The number of likely N-dealkylation sites (N-methyl/N-ethyl adjacent to an activating group) is 1. The van der Waals surface area contributed by atoms with Crippen molar-refractivity contribution < 1.29 is 0 Å². The fraction of sp³-hybridized carbons (Fsp3) is 0.529. The van der Waals surface area contributed by atoms with Gasteiger partial charge in [0.1, 0.15) is 0 Å². The number of allylic oxidation sites excluding steroid dienone is 1. The molecule has 1 aromatic carbocycles. The molecule has 2 rings (SSSR count). The number of hydrogen-bond donors (Lipinski definition) is 1. The van der Waals surface area contributed by atoms with Crippen molar-refractivity contribution in [2.24, 2.45) is 0 Å². The molecule has 0 saturated carbocycles. The molecule has 1 N–H and O–H groups in total. The zero-order valence-corrected chi connectivity index (χ0v) is 14.6. The number of nitrogens with one attached hydrogen (secondary N) is 1. The van der Waals surface area contributed by atoms with Gasteiger partial charge in [-0.2, -0.15) is 0 Å². The summed E-state index contributed by atoms with van der Waals surface area (Å²) in [6.45, 7) is 3.25. The molecule has 0 aromatic heterocycles. The summed E-state index contributed by atoms with van der Waals surface area (Å²) >= 11 is 5.50. The third-order valence-corrected chi connectivity index (χ3v) is 5.27. The Morgan fingerprint density at radius 2 is 2.20 bits per heavy atom. The number of thioether (sulfide) groups is 1. The quantitative estimate of drug-likeness (QED) is 0.541. The van der Waals surface area contributed by atoms with Gasteiger partial charge in [0.25, 0.3) is 0 Å². The van der Waals surface area contributed by atoms with Crippen molar-refractivity contribution >= 4 is 27.7 Å². The average Bonchev–Trinajstić information content (AvgIpc) is 2.72. The second-order valence-electron chi connectivity index (χ2n) is 5.26. The van der Waals surface area contributed by atoms with E-state index in [4.69, 9.17) is 0 Å². The summed E-state index contributed by atoms with van der Waals surface area (Å²) < 4.78 is 1.16. The molecular weight excluding hydrogens is 330 g/mol. The molecule has 0 amide bonds. The van der Waals surface area contributed by atoms with Crippen LogP contribution in [-0.4, -0.2) is 18.3 Å². The van der Waals surface area contributed by atoms with Crippen molar-refractivity contribution in [3.63, 3.8) is 0 Å². The molecular formula is C17H24BrNS. The Labute approximate surface area is 135 Å². The van der Waals surface area contributed by atoms with Gasteiger partial charge in [0, 0.05) is 21.2 Å². The van der Waals surface area contributed by atoms with Gasteiger partial charge in [0.2, 0.25) is 0 Å². The van der Waals surface area contributed by atoms with E-state index in [2.05, 4.69) is 58.5 Å². The summed E-state index contributed by atoms with van der Waals surface area (Å²) in [7, 11) is 0. The van der Waals surface area contributed by atoms with Crippen LogP contribution in [0, 0.1) is 0 Å². The van der Waals surface area contributed by atoms with E-state index in [1.807, 2.05) is 11.8 Å². The highest BCUT2D eigenvalue weighted by atomic mass is 79.9. The Morgan fingerprint density at radius 3 is 3.00 bits per heavy atom. The molecule has 0 saturated heterocycles. The second kappa shape index (κ2) is 8.91. The highest BCUT2D eigenvalue weighted by Crippen LogP contribution is 2.26. The molecule has 0 spiro atoms. The molecule has 0 fully saturated rings. The minimum atomic E-state index is 0.530. The lowest BCUT2D eigenvalue weighted by Gasteiger charge is -2.21. The van der Waals surface area contributed by atoms with Crippen LogP contribution < -0.4 is 5.32 Å². The summed E-state index contributed by atoms with van der Waals surface area (Å²) in [6, 6.07) is 9.12. The van der Waals surface area contributed by atoms with Crippen LogP contribution in [0.5, 0.6) is 0 Å². The molecule has 1 nitrogen and oxygen atoms in total. The second-order valence-corrected chi connectivity index (χ2v) is 7.27. The monoisotopic (exact) mass is 353 g/mol. The molecule has 0 heterocycles. The zero-order valence-electron chi connectivity index (χ0n) is 12.2. The van der Waals surface area contributed by atoms with Crippen molar-refractivity contribution in [3.05, 3.63) is 40.4 Å². The van der Waals surface area contributed by atoms with Crippen LogP contribution in [0.1, 0.15) is 39.0 Å². The minimum absolute atomic E-state index is 0.530. The minimum Gasteiger partial charge on any atom is -0.310 e. The fourth-order valence-corrected chi connectivity index (χ4v) is 4.26. The van der Waals surface area contributed by atoms with Crippen LogP contribution in [0.15, 0.2) is 45.3 Å². The number of rotatable bonds is 6. The van der Waals surface area contributed by atoms with Gasteiger partial charge >= 0.3 is 0 Å². The van der Waals surface area contributed by atoms with Gasteiger partial charge in [0.05, 0.1) is 0 Å². The first kappa shape index (κ1) is 16.1. The standard InChI is InChI=1S/C17H24BrNS/c1-2-19-17(14-8-5-3-4-6-9-14)13-20-16-11-7-10-15(18)12-16/h7-8,10-12,17,19H,2-6,9,13H2,1H3. The van der Waals surface area contributed by atoms with Crippen LogP contribution in [0.25, 0.3) is 0 Å². The summed E-state index contributed by atoms with van der Waals surface area (Å²) in [6.07, 6.45) is 9.13. The molecule has 1 aliphatic rings. The predicted molar refractivity (Wildman–Crippen MR) is 93.5 cm³/mol. The lowest BCUT2D eigenvalue weighted by Crippen LogP contribution is -2.33. The van der Waals surface area contributed by atoms with Gasteiger partial charge in [-0.3, -0.25) is 0 Å². The van der Waals surface area contributed by atoms with Gasteiger partial charge in [-0.05, 0) is 50.4 Å². The van der Waals surface area contributed by atoms with Crippen molar-refractivity contribution in [2.75, 3.05) is 12.3 Å². The van der Waals surface area contributed by atoms with E-state index in [0.717, 1.165) is 16.8 Å². The third-order valence-electron chi connectivity index (χ3n) is 3.69. The fourth-order valence-electron chi connectivity index (χ4n) is 2.64. The molecule has 1 aliphatic carbocycles. The normalized spacial score (nSPS) is 17.4. The van der Waals surface area contributed by atoms with Crippen molar-refractivity contribution in [1.29, 1.82) is 0 Å². The maximum absolute atomic E-state index is 3.66. The summed E-state index contributed by atoms with van der Waals surface area (Å²) in [4.78, 5) is 1.34. The lowest BCUT2D eigenvalue weighted by molar-refractivity contribution is 0.608. The van der Waals surface area contributed by atoms with Gasteiger partial charge < -0.3 is 5.32 Å². The van der Waals surface area contributed by atoms with E-state index < -0.39 is 0 Å². The first-order chi connectivity index (χ1) is 9.79. The topological polar surface area (TPSA) is 12.0 Å². The summed E-state index contributed by atoms with van der Waals surface area (Å²) in [5, 5.41) is 3.66. The molecule has 3 heteroatoms. The Kier molecular flexibility index (Phi) is 7.18. The average molecular weight is 354 g/mol. The SMILES string of the molecule is CCNC(CSc1cccc(Br)c1)C1=CCCCCC1. The molecule has 0 aliphatic heterocycles. The van der Waals surface area contributed by atoms with Crippen molar-refractivity contribution in [3.8, 4) is 0 Å². The number of benzene rings is 1. The smallest absolute Gasteiger partial charge is 0.0374 e. The molecule has 20 heavy (non-hydrogen) atoms. The number of hydrogen-bond acceptors (Lipinski definition) is 2. The third kappa shape index (κ3) is 5.27. The lowest BCUT2D eigenvalue weighted by atomic mass is 10.0. The molecule has 0 bridgehead atoms.